The van der Waals surface area contributed by atoms with Crippen LogP contribution in [0.1, 0.15) is 37.3 Å². The Hall–Kier alpha value is -0.216. The van der Waals surface area contributed by atoms with Gasteiger partial charge in [-0.3, -0.25) is 0 Å². The molecule has 1 aliphatic rings. The van der Waals surface area contributed by atoms with Gasteiger partial charge in [-0.2, -0.15) is 25.1 Å². The largest absolute Gasteiger partial charge is 2.00 e. The number of hydrogen-bond donors (Lipinski definition) is 0. The third-order valence-corrected chi connectivity index (χ3v) is 3.39. The predicted octanol–water partition coefficient (Wildman–Crippen LogP) is 5.82. The van der Waals surface area contributed by atoms with Crippen molar-refractivity contribution in [1.29, 1.82) is 0 Å². The fourth-order valence-corrected chi connectivity index (χ4v) is 2.31. The number of benzene rings is 1. The van der Waals surface area contributed by atoms with Crippen LogP contribution in [0.15, 0.2) is 42.0 Å². The molecule has 1 aliphatic carbocycles. The van der Waals surface area contributed by atoms with Gasteiger partial charge in [0.25, 0.3) is 0 Å². The van der Waals surface area contributed by atoms with Gasteiger partial charge in [-0.15, -0.1) is 42.5 Å². The molecule has 0 fully saturated rings. The summed E-state index contributed by atoms with van der Waals surface area (Å²) in [6.07, 6.45) is 7.72. The summed E-state index contributed by atoms with van der Waals surface area (Å²) < 4.78 is 0. The first-order valence-corrected chi connectivity index (χ1v) is 7.69. The van der Waals surface area contributed by atoms with Crippen molar-refractivity contribution in [2.24, 2.45) is 0 Å². The van der Waals surface area contributed by atoms with Crippen LogP contribution >= 0.6 is 24.8 Å². The molecule has 0 saturated heterocycles. The molecule has 0 atom stereocenters. The van der Waals surface area contributed by atoms with E-state index in [0.717, 1.165) is 31.4 Å². The van der Waals surface area contributed by atoms with Crippen molar-refractivity contribution >= 4 is 30.4 Å². The topological polar surface area (TPSA) is 27.0 Å². The normalized spacial score (nSPS) is 11.9. The molecule has 0 heterocycles. The van der Waals surface area contributed by atoms with Crippen LogP contribution in [0.25, 0.3) is 11.3 Å². The standard InChI is InChI=1S/C15H18N.C4H10N.2ClH.Ti/c1-12-7-4-5-9-14(12)15-10-6-8-13(15)11-16(2)3;1-2-3-4-5;;;/h4-9H,1,10-11H2,2-3H3;5H,2-4H2,1H3;2*1H;/q2*-1;;;+2. The molecule has 1 N–H and O–H groups in total. The summed E-state index contributed by atoms with van der Waals surface area (Å²) in [5.41, 5.74) is 11.9. The summed E-state index contributed by atoms with van der Waals surface area (Å²) in [6, 6.07) is 8.37. The van der Waals surface area contributed by atoms with Crippen LogP contribution in [0.5, 0.6) is 0 Å². The maximum atomic E-state index is 6.60. The van der Waals surface area contributed by atoms with E-state index in [-0.39, 0.29) is 46.5 Å². The van der Waals surface area contributed by atoms with Gasteiger partial charge in [-0.25, -0.2) is 0 Å². The van der Waals surface area contributed by atoms with Crippen molar-refractivity contribution in [3.05, 3.63) is 65.8 Å². The van der Waals surface area contributed by atoms with Crippen LogP contribution in [-0.4, -0.2) is 32.1 Å². The van der Waals surface area contributed by atoms with Gasteiger partial charge in [0.1, 0.15) is 0 Å². The van der Waals surface area contributed by atoms with Crippen molar-refractivity contribution in [3.8, 4) is 0 Å². The van der Waals surface area contributed by atoms with Gasteiger partial charge < -0.3 is 10.6 Å². The zero-order valence-electron chi connectivity index (χ0n) is 15.0. The van der Waals surface area contributed by atoms with E-state index in [1.165, 1.54) is 16.7 Å². The SMILES string of the molecule is CCCC[NH-].Cl.Cl.[CH2-]c1ccccc1C1=C(CN(C)C)C=CC1.[Ti+2]. The molecular weight excluding hydrogens is 375 g/mol. The van der Waals surface area contributed by atoms with Gasteiger partial charge in [-0.1, -0.05) is 43.6 Å². The van der Waals surface area contributed by atoms with Crippen molar-refractivity contribution < 1.29 is 21.7 Å². The molecule has 1 aromatic carbocycles. The third kappa shape index (κ3) is 9.93. The molecule has 24 heavy (non-hydrogen) atoms. The Morgan fingerprint density at radius 3 is 2.25 bits per heavy atom. The van der Waals surface area contributed by atoms with E-state index in [1.807, 2.05) is 6.07 Å². The first kappa shape index (κ1) is 28.6. The second kappa shape index (κ2) is 16.3. The van der Waals surface area contributed by atoms with Gasteiger partial charge in [0.15, 0.2) is 0 Å². The zero-order valence-corrected chi connectivity index (χ0v) is 18.2. The molecule has 134 valence electrons. The molecule has 0 bridgehead atoms. The van der Waals surface area contributed by atoms with E-state index in [9.17, 15) is 0 Å². The third-order valence-electron chi connectivity index (χ3n) is 3.39. The first-order chi connectivity index (χ1) is 10.1. The molecule has 0 aromatic heterocycles. The fourth-order valence-electron chi connectivity index (χ4n) is 2.31. The van der Waals surface area contributed by atoms with Crippen LogP contribution in [0.3, 0.4) is 0 Å². The van der Waals surface area contributed by atoms with E-state index in [4.69, 9.17) is 5.73 Å². The Bertz CT molecular complexity index is 498. The van der Waals surface area contributed by atoms with E-state index >= 15 is 0 Å². The van der Waals surface area contributed by atoms with Crippen molar-refractivity contribution in [2.45, 2.75) is 26.2 Å². The molecule has 2 nitrogen and oxygen atoms in total. The molecule has 0 spiro atoms. The predicted molar refractivity (Wildman–Crippen MR) is 109 cm³/mol. The van der Waals surface area contributed by atoms with Gasteiger partial charge in [0.2, 0.25) is 0 Å². The minimum atomic E-state index is 0. The number of halogens is 2. The van der Waals surface area contributed by atoms with E-state index in [2.05, 4.69) is 63.2 Å². The Kier molecular flexibility index (Phi) is 19.4. The second-order valence-electron chi connectivity index (χ2n) is 5.61. The smallest absolute Gasteiger partial charge is 0.677 e. The molecule has 0 unspecified atom stereocenters. The van der Waals surface area contributed by atoms with Crippen LogP contribution in [0.4, 0.5) is 0 Å². The number of likely N-dealkylation sites (N-methyl/N-ethyl adjacent to an activating group) is 1. The van der Waals surface area contributed by atoms with Crippen LogP contribution < -0.4 is 0 Å². The first-order valence-electron chi connectivity index (χ1n) is 7.69. The molecule has 2 rings (SSSR count). The molecule has 0 saturated carbocycles. The van der Waals surface area contributed by atoms with E-state index in [0.29, 0.717) is 6.54 Å². The number of nitrogens with zero attached hydrogens (tertiary/aromatic N) is 1. The van der Waals surface area contributed by atoms with Crippen LogP contribution in [0.2, 0.25) is 0 Å². The Labute approximate surface area is 175 Å². The average molecular weight is 405 g/mol. The number of unbranched alkanes of at least 4 members (excludes halogenated alkanes) is 1. The minimum Gasteiger partial charge on any atom is -0.677 e. The van der Waals surface area contributed by atoms with Crippen LogP contribution in [0, 0.1) is 6.92 Å². The molecule has 0 amide bonds. The fraction of sp³-hybridized carbons (Fsp3) is 0.421. The quantitative estimate of drug-likeness (QED) is 0.448. The van der Waals surface area contributed by atoms with Gasteiger partial charge in [0, 0.05) is 6.54 Å². The van der Waals surface area contributed by atoms with Gasteiger partial charge in [0.05, 0.1) is 0 Å². The summed E-state index contributed by atoms with van der Waals surface area (Å²) >= 11 is 0. The van der Waals surface area contributed by atoms with Crippen molar-refractivity contribution in [1.82, 2.24) is 4.90 Å². The average Bonchev–Trinajstić information content (AvgIpc) is 2.88. The Balaban J connectivity index is -0.000000490. The summed E-state index contributed by atoms with van der Waals surface area (Å²) in [6.45, 7) is 7.79. The molecule has 1 aromatic rings. The summed E-state index contributed by atoms with van der Waals surface area (Å²) in [5, 5.41) is 0. The second-order valence-corrected chi connectivity index (χ2v) is 5.61. The minimum absolute atomic E-state index is 0. The summed E-state index contributed by atoms with van der Waals surface area (Å²) in [7, 11) is 4.21. The number of hydrogen-bond acceptors (Lipinski definition) is 1. The maximum Gasteiger partial charge on any atom is 2.00 e. The molecular formula is C19H30Cl2N2Ti. The summed E-state index contributed by atoms with van der Waals surface area (Å²) in [4.78, 5) is 2.21. The van der Waals surface area contributed by atoms with E-state index in [1.54, 1.807) is 0 Å². The van der Waals surface area contributed by atoms with Crippen LogP contribution in [-0.2, 0) is 21.7 Å². The number of rotatable bonds is 5. The van der Waals surface area contributed by atoms with Crippen molar-refractivity contribution in [2.75, 3.05) is 27.2 Å². The molecule has 5 heteroatoms. The van der Waals surface area contributed by atoms with Crippen molar-refractivity contribution in [3.63, 3.8) is 0 Å². The molecule has 0 aliphatic heterocycles. The molecule has 0 radical (unpaired) electrons. The van der Waals surface area contributed by atoms with E-state index < -0.39 is 0 Å². The monoisotopic (exact) mass is 404 g/mol. The van der Waals surface area contributed by atoms with Gasteiger partial charge >= 0.3 is 21.7 Å². The number of nitrogens with one attached hydrogen (secondary N) is 1. The van der Waals surface area contributed by atoms with Gasteiger partial charge in [-0.05, 0) is 26.1 Å². The summed E-state index contributed by atoms with van der Waals surface area (Å²) in [5.74, 6) is 0. The zero-order chi connectivity index (χ0) is 15.7. The number of allylic oxidation sites excluding steroid dienone is 2. The maximum absolute atomic E-state index is 6.60. The Morgan fingerprint density at radius 2 is 1.79 bits per heavy atom. The Morgan fingerprint density at radius 1 is 1.17 bits per heavy atom.